The maximum absolute atomic E-state index is 9.57. The van der Waals surface area contributed by atoms with Gasteiger partial charge in [-0.25, -0.2) is 5.11 Å². The van der Waals surface area contributed by atoms with Crippen LogP contribution in [0.4, 0.5) is 0 Å². The smallest absolute Gasteiger partial charge is 0.377 e. The molecule has 1 aliphatic rings. The van der Waals surface area contributed by atoms with Gasteiger partial charge >= 0.3 is 8.80 Å². The van der Waals surface area contributed by atoms with E-state index in [2.05, 4.69) is 11.7 Å². The Balaban J connectivity index is 0.000000532. The zero-order valence-corrected chi connectivity index (χ0v) is 13.8. The molecular weight excluding hydrogens is 264 g/mol. The Bertz CT molecular complexity index is 195. The summed E-state index contributed by atoms with van der Waals surface area (Å²) in [5.74, 6) is 0. The number of hydrogen-bond acceptors (Lipinski definition) is 4. The van der Waals surface area contributed by atoms with Gasteiger partial charge in [-0.15, -0.1) is 0 Å². The number of unbranched alkanes of at least 4 members (excludes halogenated alkanes) is 4. The van der Waals surface area contributed by atoms with Crippen LogP contribution in [0.15, 0.2) is 0 Å². The number of epoxide rings is 1. The molecule has 1 atom stereocenters. The van der Waals surface area contributed by atoms with E-state index in [0.717, 1.165) is 13.0 Å². The lowest BCUT2D eigenvalue weighted by atomic mass is 10.2. The molecule has 19 heavy (non-hydrogen) atoms. The zero-order valence-electron chi connectivity index (χ0n) is 12.8. The molecule has 0 amide bonds. The molecule has 6 heteroatoms. The average Bonchev–Trinajstić information content (AvgIpc) is 3.27. The maximum Gasteiger partial charge on any atom is 0.497 e. The monoisotopic (exact) mass is 293 g/mol. The molecule has 0 N–H and O–H groups in total. The zero-order chi connectivity index (χ0) is 14.6. The molecule has 5 nitrogen and oxygen atoms in total. The van der Waals surface area contributed by atoms with Crippen molar-refractivity contribution in [3.8, 4) is 0 Å². The van der Waals surface area contributed by atoms with E-state index in [4.69, 9.17) is 13.3 Å². The van der Waals surface area contributed by atoms with Crippen LogP contribution in [-0.4, -0.2) is 48.9 Å². The Morgan fingerprint density at radius 2 is 1.74 bits per heavy atom. The second kappa shape index (κ2) is 11.8. The van der Waals surface area contributed by atoms with Gasteiger partial charge in [0.15, 0.2) is 0 Å². The Morgan fingerprint density at radius 3 is 2.11 bits per heavy atom. The van der Waals surface area contributed by atoms with Crippen molar-refractivity contribution in [2.24, 2.45) is 0 Å². The number of ether oxygens (including phenoxy) is 1. The van der Waals surface area contributed by atoms with Crippen molar-refractivity contribution in [3.63, 3.8) is 0 Å². The summed E-state index contributed by atoms with van der Waals surface area (Å²) in [7, 11) is 1.03. The molecule has 1 aliphatic heterocycles. The molecule has 1 radical (unpaired) electrons. The predicted octanol–water partition coefficient (Wildman–Crippen LogP) is 2.65. The summed E-state index contributed by atoms with van der Waals surface area (Å²) < 4.78 is 20.6. The molecule has 0 spiro atoms. The van der Waals surface area contributed by atoms with Gasteiger partial charge in [0.25, 0.3) is 0 Å². The quantitative estimate of drug-likeness (QED) is 0.353. The Morgan fingerprint density at radius 1 is 1.16 bits per heavy atom. The van der Waals surface area contributed by atoms with Crippen LogP contribution in [0.2, 0.25) is 6.55 Å². The van der Waals surface area contributed by atoms with E-state index in [1.807, 2.05) is 6.55 Å². The first-order chi connectivity index (χ1) is 9.11. The van der Waals surface area contributed by atoms with E-state index in [0.29, 0.717) is 6.61 Å². The largest absolute Gasteiger partial charge is 0.497 e. The minimum Gasteiger partial charge on any atom is -0.377 e. The molecule has 0 aromatic carbocycles. The summed E-state index contributed by atoms with van der Waals surface area (Å²) in [5.41, 5.74) is 0. The summed E-state index contributed by atoms with van der Waals surface area (Å²) in [6.45, 7) is 5.53. The summed E-state index contributed by atoms with van der Waals surface area (Å²) in [5, 5.41) is 9.57. The van der Waals surface area contributed by atoms with E-state index in [-0.39, 0.29) is 12.7 Å². The van der Waals surface area contributed by atoms with Crippen LogP contribution in [-0.2, 0) is 23.1 Å². The lowest BCUT2D eigenvalue weighted by Crippen LogP contribution is -2.40. The predicted molar refractivity (Wildman–Crippen MR) is 75.6 cm³/mol. The lowest BCUT2D eigenvalue weighted by Gasteiger charge is -2.21. The Hall–Kier alpha value is 0.0169. The normalized spacial score (nSPS) is 17.8. The van der Waals surface area contributed by atoms with Crippen molar-refractivity contribution in [1.29, 1.82) is 0 Å². The Labute approximate surface area is 118 Å². The van der Waals surface area contributed by atoms with Crippen LogP contribution < -0.4 is 0 Å². The van der Waals surface area contributed by atoms with Gasteiger partial charge < -0.3 is 18.0 Å². The van der Waals surface area contributed by atoms with Crippen molar-refractivity contribution >= 4 is 8.80 Å². The molecule has 0 aromatic heterocycles. The second-order valence-corrected chi connectivity index (χ2v) is 7.49. The molecule has 0 saturated carbocycles. The fourth-order valence-electron chi connectivity index (χ4n) is 1.33. The third kappa shape index (κ3) is 11.5. The van der Waals surface area contributed by atoms with E-state index in [1.165, 1.54) is 25.7 Å². The van der Waals surface area contributed by atoms with Crippen molar-refractivity contribution in [3.05, 3.63) is 0 Å². The van der Waals surface area contributed by atoms with Gasteiger partial charge in [0, 0.05) is 27.4 Å². The number of rotatable bonds is 10. The van der Waals surface area contributed by atoms with E-state index >= 15 is 0 Å². The van der Waals surface area contributed by atoms with Crippen LogP contribution in [0.25, 0.3) is 0 Å². The van der Waals surface area contributed by atoms with Crippen LogP contribution >= 0.6 is 0 Å². The highest BCUT2D eigenvalue weighted by Gasteiger charge is 2.31. The standard InChI is InChI=1S/C10H24O3Si.C3H5O2/c1-5-6-7-8-9-10-13-14(4,11-2)12-3;4-1-3-2-5-3/h5-10H2,1-4H3;3H,1-2H2. The van der Waals surface area contributed by atoms with Crippen LogP contribution in [0.3, 0.4) is 0 Å². The minimum absolute atomic E-state index is 0.0556. The third-order valence-electron chi connectivity index (χ3n) is 2.94. The van der Waals surface area contributed by atoms with Crippen molar-refractivity contribution in [1.82, 2.24) is 0 Å². The molecule has 0 bridgehead atoms. The van der Waals surface area contributed by atoms with Gasteiger partial charge in [-0.1, -0.05) is 32.6 Å². The van der Waals surface area contributed by atoms with E-state index < -0.39 is 8.80 Å². The van der Waals surface area contributed by atoms with Crippen LogP contribution in [0, 0.1) is 0 Å². The molecule has 1 unspecified atom stereocenters. The van der Waals surface area contributed by atoms with Gasteiger partial charge in [0.05, 0.1) is 6.61 Å². The second-order valence-electron chi connectivity index (χ2n) is 4.66. The highest BCUT2D eigenvalue weighted by atomic mass is 28.4. The topological polar surface area (TPSA) is 60.1 Å². The first kappa shape index (κ1) is 19.0. The molecule has 1 heterocycles. The third-order valence-corrected chi connectivity index (χ3v) is 5.15. The van der Waals surface area contributed by atoms with Crippen molar-refractivity contribution in [2.45, 2.75) is 51.7 Å². The summed E-state index contributed by atoms with van der Waals surface area (Å²) >= 11 is 0. The van der Waals surface area contributed by atoms with E-state index in [1.54, 1.807) is 14.2 Å². The summed E-state index contributed by atoms with van der Waals surface area (Å²) in [4.78, 5) is 0. The van der Waals surface area contributed by atoms with E-state index in [9.17, 15) is 5.11 Å². The number of hydrogen-bond donors (Lipinski definition) is 0. The minimum atomic E-state index is -2.27. The molecule has 1 fully saturated rings. The van der Waals surface area contributed by atoms with Gasteiger partial charge in [0.1, 0.15) is 12.7 Å². The van der Waals surface area contributed by atoms with Gasteiger partial charge in [-0.3, -0.25) is 0 Å². The fourth-order valence-corrected chi connectivity index (χ4v) is 2.25. The average molecular weight is 293 g/mol. The highest BCUT2D eigenvalue weighted by Crippen LogP contribution is 2.09. The van der Waals surface area contributed by atoms with Crippen LogP contribution in [0.1, 0.15) is 39.0 Å². The molecule has 1 rings (SSSR count). The van der Waals surface area contributed by atoms with Gasteiger partial charge in [-0.2, -0.15) is 0 Å². The maximum atomic E-state index is 9.57. The van der Waals surface area contributed by atoms with Crippen molar-refractivity contribution < 1.29 is 23.1 Å². The summed E-state index contributed by atoms with van der Waals surface area (Å²) in [6.07, 6.45) is 6.33. The highest BCUT2D eigenvalue weighted by molar-refractivity contribution is 6.59. The first-order valence-corrected chi connectivity index (χ1v) is 9.28. The van der Waals surface area contributed by atoms with Crippen LogP contribution in [0.5, 0.6) is 0 Å². The van der Waals surface area contributed by atoms with Gasteiger partial charge in [-0.05, 0) is 6.42 Å². The fraction of sp³-hybridized carbons (Fsp3) is 1.00. The molecule has 0 aromatic rings. The van der Waals surface area contributed by atoms with Gasteiger partial charge in [0.2, 0.25) is 0 Å². The molecule has 0 aliphatic carbocycles. The lowest BCUT2D eigenvalue weighted by molar-refractivity contribution is 0.104. The first-order valence-electron chi connectivity index (χ1n) is 7.05. The molecule has 115 valence electrons. The Kier molecular flexibility index (Phi) is 11.8. The summed E-state index contributed by atoms with van der Waals surface area (Å²) in [6, 6.07) is 0. The molecule has 1 saturated heterocycles. The molecular formula is C13H29O5Si. The van der Waals surface area contributed by atoms with Crippen molar-refractivity contribution in [2.75, 3.05) is 34.0 Å². The SMILES string of the molecule is CCCCCCCO[Si](C)(OC)OC.[O]CC1CO1.